The molecule has 0 saturated carbocycles. The molecule has 0 radical (unpaired) electrons. The Kier molecular flexibility index (Phi) is 4.94. The topological polar surface area (TPSA) is 72.7 Å². The van der Waals surface area contributed by atoms with E-state index in [4.69, 9.17) is 25.5 Å². The van der Waals surface area contributed by atoms with Crippen molar-refractivity contribution in [1.82, 2.24) is 5.32 Å². The highest BCUT2D eigenvalue weighted by Gasteiger charge is 2.12. The van der Waals surface area contributed by atoms with E-state index in [1.165, 1.54) is 14.2 Å². The molecule has 2 aromatic rings. The molecule has 0 aliphatic heterocycles. The maximum Gasteiger partial charge on any atom is 0.319 e. The summed E-state index contributed by atoms with van der Waals surface area (Å²) in [6, 6.07) is 4.57. The summed E-state index contributed by atoms with van der Waals surface area (Å²) in [6.45, 7) is 0.357. The number of carbonyl (C=O) groups excluding carboxylic acids is 1. The van der Waals surface area contributed by atoms with Crippen LogP contribution in [0.15, 0.2) is 35.1 Å². The smallest absolute Gasteiger partial charge is 0.319 e. The molecule has 6 nitrogen and oxygen atoms in total. The molecule has 2 rings (SSSR count). The molecule has 2 N–H and O–H groups in total. The van der Waals surface area contributed by atoms with E-state index in [9.17, 15) is 4.79 Å². The molecule has 1 heterocycles. The van der Waals surface area contributed by atoms with Crippen LogP contribution in [0.25, 0.3) is 0 Å². The number of benzene rings is 1. The minimum absolute atomic E-state index is 0.357. The highest BCUT2D eigenvalue weighted by molar-refractivity contribution is 6.32. The third-order valence-electron chi connectivity index (χ3n) is 2.76. The number of nitrogens with one attached hydrogen (secondary N) is 2. The highest BCUT2D eigenvalue weighted by atomic mass is 35.5. The van der Waals surface area contributed by atoms with Gasteiger partial charge in [0.25, 0.3) is 0 Å². The summed E-state index contributed by atoms with van der Waals surface area (Å²) in [5.74, 6) is 0.891. The first-order valence-corrected chi connectivity index (χ1v) is 6.49. The SMILES string of the molecule is COc1cc(NC(=O)NCc2ccoc2)c(OC)cc1Cl. The number of methoxy groups -OCH3 is 2. The number of amides is 2. The molecule has 21 heavy (non-hydrogen) atoms. The van der Waals surface area contributed by atoms with Crippen LogP contribution in [0.1, 0.15) is 5.56 Å². The van der Waals surface area contributed by atoms with Crippen LogP contribution >= 0.6 is 11.6 Å². The first-order chi connectivity index (χ1) is 10.1. The third-order valence-corrected chi connectivity index (χ3v) is 3.05. The number of rotatable bonds is 5. The Hall–Kier alpha value is -2.34. The van der Waals surface area contributed by atoms with Gasteiger partial charge in [0.2, 0.25) is 0 Å². The number of ether oxygens (including phenoxy) is 2. The molecular weight excluding hydrogens is 296 g/mol. The Morgan fingerprint density at radius 3 is 2.67 bits per heavy atom. The predicted molar refractivity (Wildman–Crippen MR) is 79.1 cm³/mol. The van der Waals surface area contributed by atoms with Crippen molar-refractivity contribution in [2.24, 2.45) is 0 Å². The minimum atomic E-state index is -0.376. The fraction of sp³-hybridized carbons (Fsp3) is 0.214. The van der Waals surface area contributed by atoms with Crippen molar-refractivity contribution in [1.29, 1.82) is 0 Å². The van der Waals surface area contributed by atoms with Crippen molar-refractivity contribution in [2.45, 2.75) is 6.54 Å². The summed E-state index contributed by atoms with van der Waals surface area (Å²) >= 11 is 6.00. The van der Waals surface area contributed by atoms with E-state index in [1.807, 2.05) is 0 Å². The Labute approximate surface area is 127 Å². The van der Waals surface area contributed by atoms with Gasteiger partial charge in [0.15, 0.2) is 0 Å². The molecule has 0 bridgehead atoms. The van der Waals surface area contributed by atoms with E-state index < -0.39 is 0 Å². The second kappa shape index (κ2) is 6.90. The van der Waals surface area contributed by atoms with E-state index >= 15 is 0 Å². The number of hydrogen-bond donors (Lipinski definition) is 2. The van der Waals surface area contributed by atoms with Crippen molar-refractivity contribution in [3.63, 3.8) is 0 Å². The molecule has 112 valence electrons. The molecule has 0 saturated heterocycles. The van der Waals surface area contributed by atoms with E-state index in [2.05, 4.69) is 10.6 Å². The number of urea groups is 1. The van der Waals surface area contributed by atoms with Crippen molar-refractivity contribution < 1.29 is 18.7 Å². The quantitative estimate of drug-likeness (QED) is 0.889. The number of carbonyl (C=O) groups is 1. The van der Waals surface area contributed by atoms with Crippen LogP contribution in [0, 0.1) is 0 Å². The molecule has 0 atom stereocenters. The normalized spacial score (nSPS) is 10.0. The zero-order chi connectivity index (χ0) is 15.2. The Balaban J connectivity index is 2.05. The van der Waals surface area contributed by atoms with Crippen molar-refractivity contribution in [2.75, 3.05) is 19.5 Å². The van der Waals surface area contributed by atoms with Gasteiger partial charge < -0.3 is 24.5 Å². The van der Waals surface area contributed by atoms with Gasteiger partial charge in [0.1, 0.15) is 11.5 Å². The molecule has 1 aromatic heterocycles. The summed E-state index contributed by atoms with van der Waals surface area (Å²) in [6.07, 6.45) is 3.11. The van der Waals surface area contributed by atoms with Gasteiger partial charge in [0, 0.05) is 24.2 Å². The lowest BCUT2D eigenvalue weighted by Gasteiger charge is -2.13. The van der Waals surface area contributed by atoms with Gasteiger partial charge in [-0.15, -0.1) is 0 Å². The van der Waals surface area contributed by atoms with Gasteiger partial charge in [-0.3, -0.25) is 0 Å². The second-order valence-electron chi connectivity index (χ2n) is 4.13. The van der Waals surface area contributed by atoms with Gasteiger partial charge >= 0.3 is 6.03 Å². The van der Waals surface area contributed by atoms with Crippen molar-refractivity contribution >= 4 is 23.3 Å². The van der Waals surface area contributed by atoms with E-state index in [0.29, 0.717) is 28.8 Å². The maximum absolute atomic E-state index is 11.9. The molecule has 0 aliphatic carbocycles. The van der Waals surface area contributed by atoms with Gasteiger partial charge in [-0.1, -0.05) is 11.6 Å². The fourth-order valence-corrected chi connectivity index (χ4v) is 1.93. The monoisotopic (exact) mass is 310 g/mol. The van der Waals surface area contributed by atoms with Crippen LogP contribution in [0.3, 0.4) is 0 Å². The summed E-state index contributed by atoms with van der Waals surface area (Å²) in [4.78, 5) is 11.9. The third kappa shape index (κ3) is 3.82. The predicted octanol–water partition coefficient (Wildman–Crippen LogP) is 3.27. The molecule has 0 spiro atoms. The standard InChI is InChI=1S/C14H15ClN2O4/c1-19-12-6-11(13(20-2)5-10(12)15)17-14(18)16-7-9-3-4-21-8-9/h3-6,8H,7H2,1-2H3,(H2,16,17,18). The zero-order valence-electron chi connectivity index (χ0n) is 11.6. The number of halogens is 1. The van der Waals surface area contributed by atoms with Crippen LogP contribution in [0.5, 0.6) is 11.5 Å². The van der Waals surface area contributed by atoms with Crippen molar-refractivity contribution in [3.8, 4) is 11.5 Å². The van der Waals surface area contributed by atoms with Gasteiger partial charge in [-0.2, -0.15) is 0 Å². The first-order valence-electron chi connectivity index (χ1n) is 6.11. The van der Waals surface area contributed by atoms with Crippen molar-refractivity contribution in [3.05, 3.63) is 41.3 Å². The Morgan fingerprint density at radius 1 is 1.29 bits per heavy atom. The largest absolute Gasteiger partial charge is 0.495 e. The van der Waals surface area contributed by atoms with Gasteiger partial charge in [-0.25, -0.2) is 4.79 Å². The second-order valence-corrected chi connectivity index (χ2v) is 4.53. The van der Waals surface area contributed by atoms with Crippen LogP contribution in [-0.4, -0.2) is 20.3 Å². The van der Waals surface area contributed by atoms with Gasteiger partial charge in [0.05, 0.1) is 37.5 Å². The summed E-state index contributed by atoms with van der Waals surface area (Å²) in [5.41, 5.74) is 1.33. The van der Waals surface area contributed by atoms with E-state index in [1.54, 1.807) is 30.7 Å². The first kappa shape index (κ1) is 15.1. The maximum atomic E-state index is 11.9. The Morgan fingerprint density at radius 2 is 2.05 bits per heavy atom. The molecule has 2 amide bonds. The average Bonchev–Trinajstić information content (AvgIpc) is 2.99. The van der Waals surface area contributed by atoms with Crippen LogP contribution in [0.2, 0.25) is 5.02 Å². The molecule has 0 fully saturated rings. The fourth-order valence-electron chi connectivity index (χ4n) is 1.70. The number of furan rings is 1. The Bertz CT molecular complexity index is 614. The van der Waals surface area contributed by atoms with Crippen LogP contribution in [-0.2, 0) is 6.54 Å². The average molecular weight is 311 g/mol. The molecule has 0 unspecified atom stereocenters. The molecule has 1 aromatic carbocycles. The highest BCUT2D eigenvalue weighted by Crippen LogP contribution is 2.35. The lowest BCUT2D eigenvalue weighted by Crippen LogP contribution is -2.28. The zero-order valence-corrected chi connectivity index (χ0v) is 12.4. The lowest BCUT2D eigenvalue weighted by atomic mass is 10.2. The molecular formula is C14H15ClN2O4. The minimum Gasteiger partial charge on any atom is -0.495 e. The van der Waals surface area contributed by atoms with E-state index in [-0.39, 0.29) is 6.03 Å². The molecule has 7 heteroatoms. The van der Waals surface area contributed by atoms with Crippen LogP contribution < -0.4 is 20.1 Å². The number of anilines is 1. The lowest BCUT2D eigenvalue weighted by molar-refractivity contribution is 0.251. The summed E-state index contributed by atoms with van der Waals surface area (Å²) < 4.78 is 15.2. The summed E-state index contributed by atoms with van der Waals surface area (Å²) in [5, 5.41) is 5.78. The molecule has 0 aliphatic rings. The van der Waals surface area contributed by atoms with E-state index in [0.717, 1.165) is 5.56 Å². The van der Waals surface area contributed by atoms with Crippen LogP contribution in [0.4, 0.5) is 10.5 Å². The number of hydrogen-bond acceptors (Lipinski definition) is 4. The van der Waals surface area contributed by atoms with Gasteiger partial charge in [-0.05, 0) is 6.07 Å². The summed E-state index contributed by atoms with van der Waals surface area (Å²) in [7, 11) is 2.99.